The van der Waals surface area contributed by atoms with Crippen LogP contribution in [0.25, 0.3) is 0 Å². The second-order valence-corrected chi connectivity index (χ2v) is 3.30. The lowest BCUT2D eigenvalue weighted by Crippen LogP contribution is -1.97. The van der Waals surface area contributed by atoms with E-state index >= 15 is 0 Å². The topological polar surface area (TPSA) is 37.3 Å². The van der Waals surface area contributed by atoms with Crippen molar-refractivity contribution < 1.29 is 9.90 Å². The molecular formula is C11H14O2. The molecule has 0 aliphatic carbocycles. The quantitative estimate of drug-likeness (QED) is 0.767. The van der Waals surface area contributed by atoms with E-state index in [9.17, 15) is 9.90 Å². The number of carbonyl (C=O) groups is 1. The van der Waals surface area contributed by atoms with Crippen molar-refractivity contribution in [1.82, 2.24) is 0 Å². The van der Waals surface area contributed by atoms with E-state index < -0.39 is 6.10 Å². The molecule has 0 saturated carbocycles. The van der Waals surface area contributed by atoms with E-state index in [0.717, 1.165) is 11.1 Å². The summed E-state index contributed by atoms with van der Waals surface area (Å²) in [6.45, 7) is 3.29. The van der Waals surface area contributed by atoms with Gasteiger partial charge in [0, 0.05) is 6.42 Å². The molecule has 1 N–H and O–H groups in total. The van der Waals surface area contributed by atoms with Crippen molar-refractivity contribution in [3.8, 4) is 0 Å². The molecule has 0 spiro atoms. The van der Waals surface area contributed by atoms with Gasteiger partial charge in [-0.15, -0.1) is 0 Å². The summed E-state index contributed by atoms with van der Waals surface area (Å²) in [6, 6.07) is 7.46. The molecule has 0 aliphatic rings. The number of aliphatic hydroxyl groups excluding tert-OH is 1. The molecule has 0 heterocycles. The molecule has 1 rings (SSSR count). The highest BCUT2D eigenvalue weighted by Crippen LogP contribution is 2.12. The molecule has 0 aliphatic heterocycles. The number of rotatable bonds is 3. The summed E-state index contributed by atoms with van der Waals surface area (Å²) in [5.41, 5.74) is 1.88. The number of ketones is 1. The molecule has 0 radical (unpaired) electrons. The van der Waals surface area contributed by atoms with Gasteiger partial charge >= 0.3 is 0 Å². The van der Waals surface area contributed by atoms with Crippen molar-refractivity contribution in [2.75, 3.05) is 0 Å². The minimum Gasteiger partial charge on any atom is -0.389 e. The molecular weight excluding hydrogens is 164 g/mol. The van der Waals surface area contributed by atoms with Crippen LogP contribution < -0.4 is 0 Å². The normalized spacial score (nSPS) is 12.5. The zero-order valence-corrected chi connectivity index (χ0v) is 7.95. The third-order valence-corrected chi connectivity index (χ3v) is 1.92. The fourth-order valence-corrected chi connectivity index (χ4v) is 1.20. The average molecular weight is 178 g/mol. The summed E-state index contributed by atoms with van der Waals surface area (Å²) in [6.07, 6.45) is 0.0338. The van der Waals surface area contributed by atoms with Gasteiger partial charge in [-0.3, -0.25) is 4.79 Å². The summed E-state index contributed by atoms with van der Waals surface area (Å²) in [5.74, 6) is 0.157. The zero-order chi connectivity index (χ0) is 9.84. The Balaban J connectivity index is 2.75. The number of hydrogen-bond donors (Lipinski definition) is 1. The van der Waals surface area contributed by atoms with Crippen LogP contribution in [0, 0.1) is 0 Å². The van der Waals surface area contributed by atoms with E-state index in [1.807, 2.05) is 24.3 Å². The van der Waals surface area contributed by atoms with E-state index in [0.29, 0.717) is 6.42 Å². The standard InChI is InChI=1S/C11H14O2/c1-8(12)7-10-3-5-11(6-4-10)9(2)13/h3-6,9,13H,7H2,1-2H3. The first kappa shape index (κ1) is 9.93. The van der Waals surface area contributed by atoms with Gasteiger partial charge in [0.2, 0.25) is 0 Å². The fraction of sp³-hybridized carbons (Fsp3) is 0.364. The van der Waals surface area contributed by atoms with Crippen molar-refractivity contribution in [3.05, 3.63) is 35.4 Å². The highest BCUT2D eigenvalue weighted by Gasteiger charge is 2.01. The minimum absolute atomic E-state index is 0.157. The van der Waals surface area contributed by atoms with Crippen molar-refractivity contribution >= 4 is 5.78 Å². The maximum atomic E-state index is 10.8. The molecule has 0 amide bonds. The van der Waals surface area contributed by atoms with Crippen LogP contribution in [0.4, 0.5) is 0 Å². The smallest absolute Gasteiger partial charge is 0.134 e. The van der Waals surface area contributed by atoms with Crippen molar-refractivity contribution in [1.29, 1.82) is 0 Å². The Labute approximate surface area is 78.2 Å². The average Bonchev–Trinajstić information content (AvgIpc) is 2.04. The number of Topliss-reactive ketones (excluding diaryl/α,β-unsaturated/α-hetero) is 1. The third-order valence-electron chi connectivity index (χ3n) is 1.92. The number of carbonyl (C=O) groups excluding carboxylic acids is 1. The van der Waals surface area contributed by atoms with Crippen LogP contribution in [-0.4, -0.2) is 10.9 Å². The highest BCUT2D eigenvalue weighted by molar-refractivity contribution is 5.78. The molecule has 70 valence electrons. The molecule has 1 aromatic rings. The second kappa shape index (κ2) is 4.19. The fourth-order valence-electron chi connectivity index (χ4n) is 1.20. The molecule has 0 bridgehead atoms. The third kappa shape index (κ3) is 2.99. The SMILES string of the molecule is CC(=O)Cc1ccc(C(C)O)cc1. The number of benzene rings is 1. The van der Waals surface area contributed by atoms with E-state index in [1.165, 1.54) is 0 Å². The van der Waals surface area contributed by atoms with Gasteiger partial charge < -0.3 is 5.11 Å². The van der Waals surface area contributed by atoms with Gasteiger partial charge in [-0.05, 0) is 25.0 Å². The lowest BCUT2D eigenvalue weighted by atomic mass is 10.1. The Hall–Kier alpha value is -1.15. The predicted octanol–water partition coefficient (Wildman–Crippen LogP) is 1.87. The van der Waals surface area contributed by atoms with Crippen molar-refractivity contribution in [3.63, 3.8) is 0 Å². The van der Waals surface area contributed by atoms with E-state index in [1.54, 1.807) is 13.8 Å². The molecule has 0 fully saturated rings. The van der Waals surface area contributed by atoms with Gasteiger partial charge in [0.05, 0.1) is 6.10 Å². The van der Waals surface area contributed by atoms with Gasteiger partial charge in [-0.1, -0.05) is 24.3 Å². The molecule has 0 aromatic heterocycles. The summed E-state index contributed by atoms with van der Waals surface area (Å²) in [4.78, 5) is 10.8. The molecule has 2 heteroatoms. The Morgan fingerprint density at radius 3 is 2.31 bits per heavy atom. The summed E-state index contributed by atoms with van der Waals surface area (Å²) in [7, 11) is 0. The molecule has 2 nitrogen and oxygen atoms in total. The maximum Gasteiger partial charge on any atom is 0.134 e. The van der Waals surface area contributed by atoms with Crippen molar-refractivity contribution in [2.45, 2.75) is 26.4 Å². The monoisotopic (exact) mass is 178 g/mol. The summed E-state index contributed by atoms with van der Waals surface area (Å²) >= 11 is 0. The summed E-state index contributed by atoms with van der Waals surface area (Å²) in [5, 5.41) is 9.23. The lowest BCUT2D eigenvalue weighted by molar-refractivity contribution is -0.116. The Kier molecular flexibility index (Phi) is 3.20. The van der Waals surface area contributed by atoms with Crippen LogP contribution in [0.5, 0.6) is 0 Å². The van der Waals surface area contributed by atoms with Crippen LogP contribution in [0.3, 0.4) is 0 Å². The van der Waals surface area contributed by atoms with Crippen LogP contribution in [-0.2, 0) is 11.2 Å². The highest BCUT2D eigenvalue weighted by atomic mass is 16.3. The van der Waals surface area contributed by atoms with Crippen LogP contribution >= 0.6 is 0 Å². The van der Waals surface area contributed by atoms with Crippen molar-refractivity contribution in [2.24, 2.45) is 0 Å². The maximum absolute atomic E-state index is 10.8. The Morgan fingerprint density at radius 1 is 1.38 bits per heavy atom. The first-order valence-corrected chi connectivity index (χ1v) is 4.36. The van der Waals surface area contributed by atoms with Gasteiger partial charge in [-0.25, -0.2) is 0 Å². The van der Waals surface area contributed by atoms with Gasteiger partial charge in [0.15, 0.2) is 0 Å². The molecule has 13 heavy (non-hydrogen) atoms. The Bertz CT molecular complexity index is 285. The lowest BCUT2D eigenvalue weighted by Gasteiger charge is -2.04. The molecule has 1 atom stereocenters. The van der Waals surface area contributed by atoms with E-state index in [4.69, 9.17) is 0 Å². The second-order valence-electron chi connectivity index (χ2n) is 3.30. The number of hydrogen-bond acceptors (Lipinski definition) is 2. The van der Waals surface area contributed by atoms with Crippen LogP contribution in [0.15, 0.2) is 24.3 Å². The Morgan fingerprint density at radius 2 is 1.92 bits per heavy atom. The van der Waals surface area contributed by atoms with E-state index in [2.05, 4.69) is 0 Å². The first-order valence-electron chi connectivity index (χ1n) is 4.36. The molecule has 1 aromatic carbocycles. The van der Waals surface area contributed by atoms with Gasteiger partial charge in [0.1, 0.15) is 5.78 Å². The van der Waals surface area contributed by atoms with Gasteiger partial charge in [0.25, 0.3) is 0 Å². The first-order chi connectivity index (χ1) is 6.09. The minimum atomic E-state index is -0.439. The largest absolute Gasteiger partial charge is 0.389 e. The number of aliphatic hydroxyl groups is 1. The van der Waals surface area contributed by atoms with Crippen LogP contribution in [0.1, 0.15) is 31.1 Å². The zero-order valence-electron chi connectivity index (χ0n) is 7.95. The predicted molar refractivity (Wildman–Crippen MR) is 51.5 cm³/mol. The van der Waals surface area contributed by atoms with E-state index in [-0.39, 0.29) is 5.78 Å². The molecule has 0 saturated heterocycles. The summed E-state index contributed by atoms with van der Waals surface area (Å²) < 4.78 is 0. The van der Waals surface area contributed by atoms with Gasteiger partial charge in [-0.2, -0.15) is 0 Å². The molecule has 1 unspecified atom stereocenters. The van der Waals surface area contributed by atoms with Crippen LogP contribution in [0.2, 0.25) is 0 Å².